The molecule has 0 aliphatic carbocycles. The van der Waals surface area contributed by atoms with E-state index in [-0.39, 0.29) is 5.78 Å². The highest BCUT2D eigenvalue weighted by Crippen LogP contribution is 2.30. The molecule has 0 aliphatic heterocycles. The Labute approximate surface area is 181 Å². The Bertz CT molecular complexity index is 966. The number of allylic oxidation sites excluding steroid dienone is 2. The van der Waals surface area contributed by atoms with Gasteiger partial charge in [0.25, 0.3) is 0 Å². The first-order valence-electron chi connectivity index (χ1n) is 9.35. The smallest absolute Gasteiger partial charge is 0.160 e. The molecule has 2 rings (SSSR count). The number of benzene rings is 2. The van der Waals surface area contributed by atoms with Gasteiger partial charge >= 0.3 is 0 Å². The van der Waals surface area contributed by atoms with Gasteiger partial charge in [0.15, 0.2) is 5.78 Å². The topological polar surface area (TPSA) is 63.7 Å². The minimum Gasteiger partial charge on any atom is -0.495 e. The number of carbonyl (C=O) groups excluding carboxylic acids is 3. The van der Waals surface area contributed by atoms with Crippen LogP contribution in [-0.2, 0) is 20.7 Å². The van der Waals surface area contributed by atoms with Gasteiger partial charge in [-0.2, -0.15) is 0 Å². The minimum absolute atomic E-state index is 0.169. The highest BCUT2D eigenvalue weighted by molar-refractivity contribution is 6.31. The Balaban J connectivity index is 2.45. The SMILES string of the molecule is COC(=C/N(C)C(C=O)Cc1ccccc1)/C(=C\C=O)c1cc(Cl)ccc1C(C)=O. The number of halogens is 1. The molecular weight excluding hydrogens is 402 g/mol. The number of likely N-dealkylation sites (N-methyl/N-ethyl adjacent to an activating group) is 1. The van der Waals surface area contributed by atoms with Gasteiger partial charge in [-0.15, -0.1) is 0 Å². The molecule has 0 amide bonds. The number of methoxy groups -OCH3 is 1. The zero-order chi connectivity index (χ0) is 22.1. The Hall–Kier alpha value is -3.18. The molecular formula is C24H24ClNO4. The van der Waals surface area contributed by atoms with Gasteiger partial charge < -0.3 is 14.4 Å². The van der Waals surface area contributed by atoms with Crippen LogP contribution in [-0.4, -0.2) is 43.5 Å². The van der Waals surface area contributed by atoms with E-state index in [0.717, 1.165) is 11.8 Å². The van der Waals surface area contributed by atoms with E-state index < -0.39 is 6.04 Å². The fraction of sp³-hybridized carbons (Fsp3) is 0.208. The number of carbonyl (C=O) groups is 3. The third-order valence-electron chi connectivity index (χ3n) is 4.66. The minimum atomic E-state index is -0.443. The molecule has 0 heterocycles. The zero-order valence-electron chi connectivity index (χ0n) is 17.2. The Kier molecular flexibility index (Phi) is 8.56. The maximum atomic E-state index is 12.1. The summed E-state index contributed by atoms with van der Waals surface area (Å²) in [7, 11) is 3.22. The van der Waals surface area contributed by atoms with E-state index in [9.17, 15) is 14.4 Å². The van der Waals surface area contributed by atoms with Crippen molar-refractivity contribution in [1.82, 2.24) is 4.90 Å². The highest BCUT2D eigenvalue weighted by atomic mass is 35.5. The van der Waals surface area contributed by atoms with Crippen LogP contribution in [0.4, 0.5) is 0 Å². The molecule has 0 spiro atoms. The summed E-state index contributed by atoms with van der Waals surface area (Å²) < 4.78 is 5.53. The van der Waals surface area contributed by atoms with Gasteiger partial charge in [-0.25, -0.2) is 0 Å². The maximum absolute atomic E-state index is 12.1. The Morgan fingerprint density at radius 3 is 2.40 bits per heavy atom. The van der Waals surface area contributed by atoms with Crippen molar-refractivity contribution in [3.63, 3.8) is 0 Å². The van der Waals surface area contributed by atoms with Gasteiger partial charge in [0.1, 0.15) is 18.3 Å². The molecule has 5 nitrogen and oxygen atoms in total. The predicted octanol–water partition coefficient (Wildman–Crippen LogP) is 4.35. The first-order chi connectivity index (χ1) is 14.4. The van der Waals surface area contributed by atoms with Crippen LogP contribution in [0.25, 0.3) is 5.57 Å². The number of nitrogens with zero attached hydrogens (tertiary/aromatic N) is 1. The van der Waals surface area contributed by atoms with Crippen LogP contribution in [0.5, 0.6) is 0 Å². The van der Waals surface area contributed by atoms with Crippen LogP contribution in [0, 0.1) is 0 Å². The van der Waals surface area contributed by atoms with Crippen LogP contribution in [0.2, 0.25) is 5.02 Å². The van der Waals surface area contributed by atoms with E-state index in [2.05, 4.69) is 0 Å². The molecule has 1 atom stereocenters. The lowest BCUT2D eigenvalue weighted by Gasteiger charge is -2.24. The van der Waals surface area contributed by atoms with Crippen LogP contribution < -0.4 is 0 Å². The number of ketones is 1. The van der Waals surface area contributed by atoms with Crippen molar-refractivity contribution in [2.45, 2.75) is 19.4 Å². The average Bonchev–Trinajstić information content (AvgIpc) is 2.74. The van der Waals surface area contributed by atoms with E-state index in [4.69, 9.17) is 16.3 Å². The average molecular weight is 426 g/mol. The molecule has 2 aromatic rings. The van der Waals surface area contributed by atoms with Gasteiger partial charge in [-0.05, 0) is 48.7 Å². The lowest BCUT2D eigenvalue weighted by atomic mass is 9.95. The van der Waals surface area contributed by atoms with Crippen molar-refractivity contribution in [2.75, 3.05) is 14.2 Å². The number of Topliss-reactive ketones (excluding diaryl/α,β-unsaturated/α-hetero) is 1. The summed E-state index contributed by atoms with van der Waals surface area (Å²) in [6.07, 6.45) is 4.95. The summed E-state index contributed by atoms with van der Waals surface area (Å²) in [5.74, 6) is 0.159. The van der Waals surface area contributed by atoms with Gasteiger partial charge in [-0.3, -0.25) is 9.59 Å². The normalized spacial score (nSPS) is 12.8. The second-order valence-electron chi connectivity index (χ2n) is 6.72. The molecule has 0 radical (unpaired) electrons. The van der Waals surface area contributed by atoms with Crippen molar-refractivity contribution >= 4 is 35.5 Å². The summed E-state index contributed by atoms with van der Waals surface area (Å²) in [6, 6.07) is 14.1. The van der Waals surface area contributed by atoms with Crippen molar-refractivity contribution in [2.24, 2.45) is 0 Å². The molecule has 30 heavy (non-hydrogen) atoms. The first-order valence-corrected chi connectivity index (χ1v) is 9.72. The summed E-state index contributed by atoms with van der Waals surface area (Å²) in [5, 5.41) is 0.422. The monoisotopic (exact) mass is 425 g/mol. The van der Waals surface area contributed by atoms with Crippen LogP contribution >= 0.6 is 11.6 Å². The molecule has 0 aliphatic rings. The lowest BCUT2D eigenvalue weighted by molar-refractivity contribution is -0.111. The molecule has 2 aromatic carbocycles. The van der Waals surface area contributed by atoms with Crippen LogP contribution in [0.15, 0.2) is 66.6 Å². The van der Waals surface area contributed by atoms with Crippen LogP contribution in [0.1, 0.15) is 28.4 Å². The van der Waals surface area contributed by atoms with Gasteiger partial charge in [0.05, 0.1) is 13.2 Å². The third-order valence-corrected chi connectivity index (χ3v) is 4.90. The van der Waals surface area contributed by atoms with E-state index in [1.165, 1.54) is 20.1 Å². The Morgan fingerprint density at radius 1 is 1.13 bits per heavy atom. The molecule has 0 N–H and O–H groups in total. The molecule has 1 unspecified atom stereocenters. The van der Waals surface area contributed by atoms with Crippen molar-refractivity contribution in [3.05, 3.63) is 88.3 Å². The maximum Gasteiger partial charge on any atom is 0.160 e. The molecule has 156 valence electrons. The zero-order valence-corrected chi connectivity index (χ0v) is 17.9. The summed E-state index contributed by atoms with van der Waals surface area (Å²) in [4.78, 5) is 36.9. The summed E-state index contributed by atoms with van der Waals surface area (Å²) in [5.41, 5.74) is 2.31. The van der Waals surface area contributed by atoms with Crippen molar-refractivity contribution in [3.8, 4) is 0 Å². The summed E-state index contributed by atoms with van der Waals surface area (Å²) in [6.45, 7) is 1.44. The quantitative estimate of drug-likeness (QED) is 0.186. The van der Waals surface area contributed by atoms with Gasteiger partial charge in [0, 0.05) is 29.4 Å². The van der Waals surface area contributed by atoms with E-state index in [0.29, 0.717) is 40.2 Å². The molecule has 0 aromatic heterocycles. The number of rotatable bonds is 10. The van der Waals surface area contributed by atoms with E-state index in [1.54, 1.807) is 36.3 Å². The standard InChI is InChI=1S/C24H24ClNO4/c1-17(29)21-10-9-19(25)14-23(21)22(11-12-27)24(30-3)15-26(2)20(16-28)13-18-7-5-4-6-8-18/h4-12,14-16,20H,13H2,1-3H3/b22-11-,24-15+. The fourth-order valence-electron chi connectivity index (χ4n) is 3.08. The number of hydrogen-bond donors (Lipinski definition) is 0. The first kappa shape index (κ1) is 23.1. The van der Waals surface area contributed by atoms with Gasteiger partial charge in [-0.1, -0.05) is 41.9 Å². The van der Waals surface area contributed by atoms with E-state index in [1.807, 2.05) is 30.3 Å². The number of ether oxygens (including phenoxy) is 1. The molecule has 0 bridgehead atoms. The largest absolute Gasteiger partial charge is 0.495 e. The molecule has 0 fully saturated rings. The molecule has 0 saturated carbocycles. The van der Waals surface area contributed by atoms with Crippen molar-refractivity contribution in [1.29, 1.82) is 0 Å². The Morgan fingerprint density at radius 2 is 1.83 bits per heavy atom. The molecule has 0 saturated heterocycles. The lowest BCUT2D eigenvalue weighted by Crippen LogP contribution is -2.31. The number of hydrogen-bond acceptors (Lipinski definition) is 5. The summed E-state index contributed by atoms with van der Waals surface area (Å²) >= 11 is 6.14. The van der Waals surface area contributed by atoms with Crippen LogP contribution in [0.3, 0.4) is 0 Å². The second kappa shape index (κ2) is 11.1. The number of aldehydes is 2. The third kappa shape index (κ3) is 5.91. The van der Waals surface area contributed by atoms with Gasteiger partial charge in [0.2, 0.25) is 0 Å². The predicted molar refractivity (Wildman–Crippen MR) is 118 cm³/mol. The van der Waals surface area contributed by atoms with E-state index >= 15 is 0 Å². The second-order valence-corrected chi connectivity index (χ2v) is 7.16. The van der Waals surface area contributed by atoms with Crippen molar-refractivity contribution < 1.29 is 19.1 Å². The fourth-order valence-corrected chi connectivity index (χ4v) is 3.25. The highest BCUT2D eigenvalue weighted by Gasteiger charge is 2.19. The molecule has 6 heteroatoms.